The standard InChI is InChI=1S/C12H12N2O2/c1-8-7-12(16-13-8)10-6-4-3-5-9(10)11(15)14(12)2/h3-6H,7H2,1-2H3. The van der Waals surface area contributed by atoms with Crippen molar-refractivity contribution >= 4 is 11.6 Å². The summed E-state index contributed by atoms with van der Waals surface area (Å²) >= 11 is 0. The lowest BCUT2D eigenvalue weighted by atomic mass is 9.97. The van der Waals surface area contributed by atoms with Gasteiger partial charge in [0.1, 0.15) is 0 Å². The van der Waals surface area contributed by atoms with Crippen LogP contribution in [0, 0.1) is 0 Å². The van der Waals surface area contributed by atoms with Gasteiger partial charge >= 0.3 is 0 Å². The van der Waals surface area contributed by atoms with Gasteiger partial charge in [-0.3, -0.25) is 9.69 Å². The zero-order valence-electron chi connectivity index (χ0n) is 9.23. The van der Waals surface area contributed by atoms with Gasteiger partial charge < -0.3 is 4.84 Å². The molecular weight excluding hydrogens is 204 g/mol. The normalized spacial score (nSPS) is 27.0. The van der Waals surface area contributed by atoms with E-state index in [1.807, 2.05) is 31.2 Å². The molecule has 0 radical (unpaired) electrons. The predicted molar refractivity (Wildman–Crippen MR) is 59.0 cm³/mol. The minimum Gasteiger partial charge on any atom is -0.362 e. The molecule has 2 heterocycles. The lowest BCUT2D eigenvalue weighted by Gasteiger charge is -2.29. The molecule has 4 nitrogen and oxygen atoms in total. The van der Waals surface area contributed by atoms with Crippen LogP contribution in [0.2, 0.25) is 0 Å². The Morgan fingerprint density at radius 1 is 1.44 bits per heavy atom. The Hall–Kier alpha value is -1.84. The second kappa shape index (κ2) is 2.84. The fraction of sp³-hybridized carbons (Fsp3) is 0.333. The second-order valence-corrected chi connectivity index (χ2v) is 4.29. The Balaban J connectivity index is 2.19. The zero-order valence-corrected chi connectivity index (χ0v) is 9.23. The van der Waals surface area contributed by atoms with Gasteiger partial charge in [-0.05, 0) is 13.0 Å². The summed E-state index contributed by atoms with van der Waals surface area (Å²) in [6.45, 7) is 1.91. The van der Waals surface area contributed by atoms with E-state index in [-0.39, 0.29) is 5.91 Å². The van der Waals surface area contributed by atoms with Crippen LogP contribution < -0.4 is 0 Å². The minimum absolute atomic E-state index is 0.000463. The van der Waals surface area contributed by atoms with E-state index in [1.54, 1.807) is 11.9 Å². The van der Waals surface area contributed by atoms with Crippen molar-refractivity contribution in [1.82, 2.24) is 4.90 Å². The van der Waals surface area contributed by atoms with Crippen LogP contribution in [0.3, 0.4) is 0 Å². The van der Waals surface area contributed by atoms with E-state index in [4.69, 9.17) is 4.84 Å². The van der Waals surface area contributed by atoms with Crippen LogP contribution in [-0.4, -0.2) is 23.6 Å². The van der Waals surface area contributed by atoms with E-state index >= 15 is 0 Å². The Labute approximate surface area is 93.5 Å². The van der Waals surface area contributed by atoms with Gasteiger partial charge in [0.2, 0.25) is 5.72 Å². The Kier molecular flexibility index (Phi) is 1.67. The van der Waals surface area contributed by atoms with E-state index in [9.17, 15) is 4.79 Å². The third kappa shape index (κ3) is 0.939. The molecule has 82 valence electrons. The summed E-state index contributed by atoms with van der Waals surface area (Å²) in [6, 6.07) is 7.56. The fourth-order valence-electron chi connectivity index (χ4n) is 2.42. The number of oxime groups is 1. The highest BCUT2D eigenvalue weighted by Crippen LogP contribution is 2.44. The number of rotatable bonds is 0. The SMILES string of the molecule is CC1=NOC2(C1)c1ccccc1C(=O)N2C. The molecule has 1 spiro atoms. The summed E-state index contributed by atoms with van der Waals surface area (Å²) in [4.78, 5) is 19.2. The van der Waals surface area contributed by atoms with Crippen LogP contribution in [0.4, 0.5) is 0 Å². The van der Waals surface area contributed by atoms with Crippen molar-refractivity contribution in [3.05, 3.63) is 35.4 Å². The molecule has 1 aromatic carbocycles. The largest absolute Gasteiger partial charge is 0.362 e. The first-order valence-electron chi connectivity index (χ1n) is 5.24. The van der Waals surface area contributed by atoms with Crippen LogP contribution in [-0.2, 0) is 10.6 Å². The van der Waals surface area contributed by atoms with Gasteiger partial charge in [0.15, 0.2) is 0 Å². The smallest absolute Gasteiger partial charge is 0.257 e. The van der Waals surface area contributed by atoms with E-state index in [0.29, 0.717) is 6.42 Å². The monoisotopic (exact) mass is 216 g/mol. The number of fused-ring (bicyclic) bond motifs is 2. The number of carbonyl (C=O) groups excluding carboxylic acids is 1. The van der Waals surface area contributed by atoms with Crippen molar-refractivity contribution in [2.75, 3.05) is 7.05 Å². The van der Waals surface area contributed by atoms with Gasteiger partial charge in [0, 0.05) is 18.2 Å². The summed E-state index contributed by atoms with van der Waals surface area (Å²) in [5, 5.41) is 3.98. The molecule has 1 atom stereocenters. The van der Waals surface area contributed by atoms with Gasteiger partial charge in [0.25, 0.3) is 5.91 Å². The zero-order chi connectivity index (χ0) is 11.3. The van der Waals surface area contributed by atoms with E-state index in [0.717, 1.165) is 16.8 Å². The molecule has 1 aromatic rings. The first-order valence-corrected chi connectivity index (χ1v) is 5.24. The van der Waals surface area contributed by atoms with E-state index in [2.05, 4.69) is 5.16 Å². The highest BCUT2D eigenvalue weighted by molar-refractivity contribution is 6.00. The number of nitrogens with zero attached hydrogens (tertiary/aromatic N) is 2. The summed E-state index contributed by atoms with van der Waals surface area (Å²) in [5.74, 6) is 0.000463. The van der Waals surface area contributed by atoms with Crippen LogP contribution in [0.25, 0.3) is 0 Å². The molecule has 0 bridgehead atoms. The molecule has 16 heavy (non-hydrogen) atoms. The van der Waals surface area contributed by atoms with Crippen LogP contribution >= 0.6 is 0 Å². The molecule has 4 heteroatoms. The molecule has 0 fully saturated rings. The summed E-state index contributed by atoms with van der Waals surface area (Å²) in [5.41, 5.74) is 1.85. The maximum Gasteiger partial charge on any atom is 0.257 e. The van der Waals surface area contributed by atoms with E-state index < -0.39 is 5.72 Å². The number of benzene rings is 1. The van der Waals surface area contributed by atoms with Gasteiger partial charge in [-0.2, -0.15) is 0 Å². The molecule has 2 aliphatic heterocycles. The number of hydrogen-bond donors (Lipinski definition) is 0. The lowest BCUT2D eigenvalue weighted by Crippen LogP contribution is -2.41. The molecule has 0 saturated heterocycles. The third-order valence-corrected chi connectivity index (χ3v) is 3.27. The topological polar surface area (TPSA) is 41.9 Å². The predicted octanol–water partition coefficient (Wildman–Crippen LogP) is 1.72. The molecule has 0 aliphatic carbocycles. The summed E-state index contributed by atoms with van der Waals surface area (Å²) < 4.78 is 0. The summed E-state index contributed by atoms with van der Waals surface area (Å²) in [7, 11) is 1.76. The molecule has 3 rings (SSSR count). The maximum absolute atomic E-state index is 12.1. The quantitative estimate of drug-likeness (QED) is 0.662. The van der Waals surface area contributed by atoms with Crippen LogP contribution in [0.1, 0.15) is 29.3 Å². The van der Waals surface area contributed by atoms with Crippen molar-refractivity contribution in [2.24, 2.45) is 5.16 Å². The van der Waals surface area contributed by atoms with Crippen molar-refractivity contribution in [3.63, 3.8) is 0 Å². The maximum atomic E-state index is 12.1. The van der Waals surface area contributed by atoms with Crippen LogP contribution in [0.15, 0.2) is 29.4 Å². The van der Waals surface area contributed by atoms with Gasteiger partial charge in [-0.15, -0.1) is 0 Å². The Morgan fingerprint density at radius 2 is 2.19 bits per heavy atom. The summed E-state index contributed by atoms with van der Waals surface area (Å²) in [6.07, 6.45) is 0.645. The van der Waals surface area contributed by atoms with Gasteiger partial charge in [-0.25, -0.2) is 0 Å². The molecule has 2 aliphatic rings. The van der Waals surface area contributed by atoms with Crippen molar-refractivity contribution < 1.29 is 9.63 Å². The fourth-order valence-corrected chi connectivity index (χ4v) is 2.42. The third-order valence-electron chi connectivity index (χ3n) is 3.27. The van der Waals surface area contributed by atoms with Crippen molar-refractivity contribution in [1.29, 1.82) is 0 Å². The average Bonchev–Trinajstić information content (AvgIpc) is 2.78. The highest BCUT2D eigenvalue weighted by Gasteiger charge is 2.53. The van der Waals surface area contributed by atoms with Crippen LogP contribution in [0.5, 0.6) is 0 Å². The number of amides is 1. The minimum atomic E-state index is -0.697. The molecule has 1 amide bonds. The first-order chi connectivity index (χ1) is 7.65. The number of carbonyl (C=O) groups is 1. The van der Waals surface area contributed by atoms with Gasteiger partial charge in [0.05, 0.1) is 12.1 Å². The molecule has 0 saturated carbocycles. The Morgan fingerprint density at radius 3 is 2.88 bits per heavy atom. The van der Waals surface area contributed by atoms with E-state index in [1.165, 1.54) is 0 Å². The Bertz CT molecular complexity index is 509. The first kappa shape index (κ1) is 9.39. The lowest BCUT2D eigenvalue weighted by molar-refractivity contribution is -0.107. The van der Waals surface area contributed by atoms with Crippen molar-refractivity contribution in [3.8, 4) is 0 Å². The average molecular weight is 216 g/mol. The number of hydrogen-bond acceptors (Lipinski definition) is 3. The van der Waals surface area contributed by atoms with Gasteiger partial charge in [-0.1, -0.05) is 23.4 Å². The van der Waals surface area contributed by atoms with Crippen molar-refractivity contribution in [2.45, 2.75) is 19.1 Å². The highest BCUT2D eigenvalue weighted by atomic mass is 16.7. The molecule has 0 N–H and O–H groups in total. The second-order valence-electron chi connectivity index (χ2n) is 4.29. The molecule has 1 unspecified atom stereocenters. The molecular formula is C12H12N2O2. The molecule has 0 aromatic heterocycles.